The number of sulfonamides is 1. The van der Waals surface area contributed by atoms with Crippen molar-refractivity contribution in [2.45, 2.75) is 31.5 Å². The number of carbonyl (C=O) groups excluding carboxylic acids is 2. The fraction of sp³-hybridized carbons (Fsp3) is 0.273. The molecule has 0 fully saturated rings. The average molecular weight is 672 g/mol. The molecule has 0 saturated carbocycles. The van der Waals surface area contributed by atoms with Crippen molar-refractivity contribution in [2.24, 2.45) is 0 Å². The van der Waals surface area contributed by atoms with E-state index in [0.29, 0.717) is 5.56 Å². The van der Waals surface area contributed by atoms with Crippen molar-refractivity contribution in [1.29, 1.82) is 0 Å². The molecule has 1 heterocycles. The molecule has 0 spiro atoms. The van der Waals surface area contributed by atoms with Gasteiger partial charge in [-0.3, -0.25) is 9.10 Å². The Kier molecular flexibility index (Phi) is 12.2. The normalized spacial score (nSPS) is 14.3. The van der Waals surface area contributed by atoms with Crippen molar-refractivity contribution >= 4 is 27.7 Å². The Labute approximate surface area is 213 Å². The molecule has 3 rings (SSSR count). The second kappa shape index (κ2) is 13.2. The zero-order valence-corrected chi connectivity index (χ0v) is 21.9. The molecule has 1 aliphatic rings. The maximum atomic E-state index is 13.2. The van der Waals surface area contributed by atoms with Crippen LogP contribution in [0, 0.1) is 6.07 Å². The minimum absolute atomic E-state index is 0. The molecule has 0 aromatic heterocycles. The molecule has 0 saturated heterocycles. The molecule has 4 N–H and O–H groups in total. The number of nitrogens with zero attached hydrogens (tertiary/aromatic N) is 1. The Morgan fingerprint density at radius 1 is 1.09 bits per heavy atom. The van der Waals surface area contributed by atoms with Gasteiger partial charge < -0.3 is 26.5 Å². The van der Waals surface area contributed by atoms with Gasteiger partial charge in [0.05, 0.1) is 11.5 Å². The molecule has 0 aliphatic carbocycles. The van der Waals surface area contributed by atoms with E-state index in [9.17, 15) is 18.0 Å². The van der Waals surface area contributed by atoms with E-state index in [-0.39, 0.29) is 68.3 Å². The van der Waals surface area contributed by atoms with E-state index in [0.717, 1.165) is 4.31 Å². The van der Waals surface area contributed by atoms with Crippen LogP contribution in [0.2, 0.25) is 0 Å². The SMILES string of the molecule is CCOC(=O)OC(C)OC1=C(C(=O)Cc2[c-]cccc2)N(C)S(=O)(=O)c2ccccc21.[NH2-].[NH2-].[Pt]. The molecule has 0 amide bonds. The average Bonchev–Trinajstić information content (AvgIpc) is 2.73. The number of ketones is 1. The Balaban J connectivity index is 0.00000363. The van der Waals surface area contributed by atoms with Gasteiger partial charge in [0.25, 0.3) is 10.0 Å². The smallest absolute Gasteiger partial charge is 0.511 e. The first-order chi connectivity index (χ1) is 14.8. The molecule has 1 unspecified atom stereocenters. The standard InChI is InChI=1S/C22H22NO7S.2H2N.Pt/c1-4-28-22(25)30-15(2)29-21-17-12-8-9-13-19(17)31(26,27)23(3)20(21)18(24)14-16-10-6-5-7-11-16;;;/h5-10,12-13,15H,4,14H2,1-3H3;2*1H2;/q3*-1;. The van der Waals surface area contributed by atoms with Gasteiger partial charge in [0.1, 0.15) is 5.70 Å². The number of rotatable bonds is 7. The molecule has 0 bridgehead atoms. The molecule has 10 nitrogen and oxygen atoms in total. The largest absolute Gasteiger partial charge is 0.693 e. The van der Waals surface area contributed by atoms with Crippen molar-refractivity contribution in [3.8, 4) is 0 Å². The Morgan fingerprint density at radius 3 is 2.35 bits per heavy atom. The minimum Gasteiger partial charge on any atom is -0.693 e. The van der Waals surface area contributed by atoms with E-state index in [1.807, 2.05) is 0 Å². The summed E-state index contributed by atoms with van der Waals surface area (Å²) in [7, 11) is -2.69. The zero-order valence-electron chi connectivity index (χ0n) is 18.8. The van der Waals surface area contributed by atoms with Gasteiger partial charge in [0, 0.05) is 47.0 Å². The Morgan fingerprint density at radius 2 is 1.74 bits per heavy atom. The number of hydrogen-bond acceptors (Lipinski definition) is 7. The number of carbonyl (C=O) groups is 2. The predicted molar refractivity (Wildman–Crippen MR) is 122 cm³/mol. The molecule has 34 heavy (non-hydrogen) atoms. The molecule has 190 valence electrons. The summed E-state index contributed by atoms with van der Waals surface area (Å²) in [6, 6.07) is 16.0. The van der Waals surface area contributed by atoms with Crippen molar-refractivity contribution in [3.63, 3.8) is 0 Å². The summed E-state index contributed by atoms with van der Waals surface area (Å²) in [6.07, 6.45) is -2.16. The topological polar surface area (TPSA) is 166 Å². The van der Waals surface area contributed by atoms with Crippen LogP contribution in [-0.4, -0.2) is 44.6 Å². The van der Waals surface area contributed by atoms with Crippen LogP contribution in [0.1, 0.15) is 25.0 Å². The Bertz CT molecular complexity index is 1120. The van der Waals surface area contributed by atoms with Gasteiger partial charge in [-0.1, -0.05) is 12.1 Å². The summed E-state index contributed by atoms with van der Waals surface area (Å²) in [5, 5.41) is 0. The number of nitrogens with two attached hydrogens (primary N) is 2. The van der Waals surface area contributed by atoms with Crippen LogP contribution >= 0.6 is 0 Å². The van der Waals surface area contributed by atoms with E-state index in [1.165, 1.54) is 26.1 Å². The van der Waals surface area contributed by atoms with Crippen LogP contribution in [-0.2, 0) is 56.5 Å². The molecule has 12 heteroatoms. The monoisotopic (exact) mass is 671 g/mol. The van der Waals surface area contributed by atoms with Crippen LogP contribution < -0.4 is 0 Å². The van der Waals surface area contributed by atoms with Gasteiger partial charge in [0.2, 0.25) is 6.29 Å². The maximum absolute atomic E-state index is 13.2. The molecule has 2 aromatic carbocycles. The van der Waals surface area contributed by atoms with E-state index >= 15 is 0 Å². The number of hydrogen-bond donors (Lipinski definition) is 0. The zero-order chi connectivity index (χ0) is 22.6. The molecular weight excluding hydrogens is 645 g/mol. The van der Waals surface area contributed by atoms with E-state index in [4.69, 9.17) is 14.2 Å². The molecule has 1 atom stereocenters. The van der Waals surface area contributed by atoms with Gasteiger partial charge in [-0.15, -0.1) is 0 Å². The van der Waals surface area contributed by atoms with Crippen molar-refractivity contribution in [3.05, 3.63) is 83.7 Å². The number of Topliss-reactive ketones (excluding diaryl/α,β-unsaturated/α-hetero) is 1. The van der Waals surface area contributed by atoms with Gasteiger partial charge in [0.15, 0.2) is 11.5 Å². The molecule has 1 aliphatic heterocycles. The Hall–Kier alpha value is -2.72. The third-order valence-corrected chi connectivity index (χ3v) is 6.31. The van der Waals surface area contributed by atoms with Crippen molar-refractivity contribution < 1.29 is 53.3 Å². The quantitative estimate of drug-likeness (QED) is 0.236. The number of ether oxygens (including phenoxy) is 3. The summed E-state index contributed by atoms with van der Waals surface area (Å²) in [5.41, 5.74) is 0.649. The second-order valence-electron chi connectivity index (χ2n) is 6.62. The fourth-order valence-electron chi connectivity index (χ4n) is 3.11. The van der Waals surface area contributed by atoms with Crippen LogP contribution in [0.5, 0.6) is 0 Å². The fourth-order valence-corrected chi connectivity index (χ4v) is 4.52. The minimum atomic E-state index is -3.98. The van der Waals surface area contributed by atoms with Gasteiger partial charge >= 0.3 is 6.16 Å². The van der Waals surface area contributed by atoms with E-state index < -0.39 is 28.3 Å². The van der Waals surface area contributed by atoms with Gasteiger partial charge in [-0.25, -0.2) is 13.2 Å². The number of allylic oxidation sites excluding steroid dienone is 1. The summed E-state index contributed by atoms with van der Waals surface area (Å²) in [5.74, 6) is -0.480. The summed E-state index contributed by atoms with van der Waals surface area (Å²) in [6.45, 7) is 3.20. The molecular formula is C22H26N3O7PtS-3. The van der Waals surface area contributed by atoms with Crippen LogP contribution in [0.15, 0.2) is 59.1 Å². The van der Waals surface area contributed by atoms with Crippen LogP contribution in [0.25, 0.3) is 18.1 Å². The summed E-state index contributed by atoms with van der Waals surface area (Å²) >= 11 is 0. The van der Waals surface area contributed by atoms with Crippen LogP contribution in [0.4, 0.5) is 4.79 Å². The second-order valence-corrected chi connectivity index (χ2v) is 8.56. The van der Waals surface area contributed by atoms with Crippen molar-refractivity contribution in [2.75, 3.05) is 13.7 Å². The molecule has 2 aromatic rings. The number of fused-ring (bicyclic) bond motifs is 1. The number of likely N-dealkylation sites (N-methyl/N-ethyl adjacent to an activating group) is 1. The van der Waals surface area contributed by atoms with E-state index in [1.54, 1.807) is 43.3 Å². The van der Waals surface area contributed by atoms with Gasteiger partial charge in [-0.2, -0.15) is 35.9 Å². The number of benzene rings is 2. The van der Waals surface area contributed by atoms with Crippen molar-refractivity contribution in [1.82, 2.24) is 4.31 Å². The third-order valence-electron chi connectivity index (χ3n) is 4.50. The summed E-state index contributed by atoms with van der Waals surface area (Å²) in [4.78, 5) is 24.8. The third kappa shape index (κ3) is 6.66. The first-order valence-electron chi connectivity index (χ1n) is 9.57. The predicted octanol–water partition coefficient (Wildman–Crippen LogP) is 4.57. The maximum Gasteiger partial charge on any atom is 0.511 e. The van der Waals surface area contributed by atoms with Gasteiger partial charge in [-0.05, 0) is 19.1 Å². The van der Waals surface area contributed by atoms with E-state index in [2.05, 4.69) is 6.07 Å². The first kappa shape index (κ1) is 31.3. The molecule has 0 radical (unpaired) electrons. The summed E-state index contributed by atoms with van der Waals surface area (Å²) < 4.78 is 42.5. The first-order valence-corrected chi connectivity index (χ1v) is 11.0. The van der Waals surface area contributed by atoms with Crippen LogP contribution in [0.3, 0.4) is 0 Å².